The number of rotatable bonds is 45. The van der Waals surface area contributed by atoms with Gasteiger partial charge in [-0.2, -0.15) is 0 Å². The molecule has 344 valence electrons. The quantitative estimate of drug-likeness (QED) is 0.0266. The van der Waals surface area contributed by atoms with Gasteiger partial charge in [-0.1, -0.05) is 204 Å². The van der Waals surface area contributed by atoms with Gasteiger partial charge in [0.1, 0.15) is 6.61 Å². The summed E-state index contributed by atoms with van der Waals surface area (Å²) in [5, 5.41) is 0. The first-order valence-corrected chi connectivity index (χ1v) is 25.6. The molecule has 3 N–H and O–H groups in total. The number of hydrogen-bond donors (Lipinski definition) is 2. The van der Waals surface area contributed by atoms with E-state index in [0.29, 0.717) is 6.42 Å². The number of phosphoric ester groups is 1. The lowest BCUT2D eigenvalue weighted by molar-refractivity contribution is -0.161. The van der Waals surface area contributed by atoms with E-state index in [1.165, 1.54) is 103 Å². The molecule has 0 aromatic heterocycles. The molecule has 0 aliphatic carbocycles. The summed E-state index contributed by atoms with van der Waals surface area (Å²) < 4.78 is 32.9. The topological polar surface area (TPSA) is 134 Å². The molecule has 0 heterocycles. The van der Waals surface area contributed by atoms with Crippen molar-refractivity contribution in [1.29, 1.82) is 0 Å². The summed E-state index contributed by atoms with van der Waals surface area (Å²) in [6.07, 6.45) is 52.8. The van der Waals surface area contributed by atoms with Crippen LogP contribution in [0.25, 0.3) is 0 Å². The summed E-state index contributed by atoms with van der Waals surface area (Å²) in [6, 6.07) is 0. The van der Waals surface area contributed by atoms with E-state index in [0.717, 1.165) is 83.5 Å². The van der Waals surface area contributed by atoms with Gasteiger partial charge in [0.15, 0.2) is 6.10 Å². The first-order valence-electron chi connectivity index (χ1n) is 24.1. The Morgan fingerprint density at radius 1 is 0.525 bits per heavy atom. The SMILES string of the molecule is CC/C=C\C/C=C\C/C=C\C/C=C\CCCCCCCCC(=O)OC(COC(=O)CCCCCCCCCCCCCCCCCCCCC)COP(=O)(O)OCCN. The third-order valence-corrected chi connectivity index (χ3v) is 11.2. The van der Waals surface area contributed by atoms with E-state index in [4.69, 9.17) is 24.3 Å². The van der Waals surface area contributed by atoms with Crippen molar-refractivity contribution >= 4 is 19.8 Å². The van der Waals surface area contributed by atoms with Crippen molar-refractivity contribution in [2.75, 3.05) is 26.4 Å². The normalized spacial score (nSPS) is 13.6. The summed E-state index contributed by atoms with van der Waals surface area (Å²) in [7, 11) is -4.38. The van der Waals surface area contributed by atoms with Crippen molar-refractivity contribution in [2.24, 2.45) is 5.73 Å². The third kappa shape index (κ3) is 45.3. The molecular weight excluding hydrogens is 762 g/mol. The first kappa shape index (κ1) is 57.0. The van der Waals surface area contributed by atoms with Crippen molar-refractivity contribution < 1.29 is 37.6 Å². The van der Waals surface area contributed by atoms with Crippen LogP contribution in [0.3, 0.4) is 0 Å². The van der Waals surface area contributed by atoms with Gasteiger partial charge in [0.25, 0.3) is 0 Å². The van der Waals surface area contributed by atoms with E-state index in [9.17, 15) is 19.0 Å². The van der Waals surface area contributed by atoms with Crippen molar-refractivity contribution in [1.82, 2.24) is 0 Å². The zero-order chi connectivity index (χ0) is 43.2. The molecule has 0 aliphatic heterocycles. The fourth-order valence-electron chi connectivity index (χ4n) is 6.69. The second-order valence-corrected chi connectivity index (χ2v) is 17.4. The maximum absolute atomic E-state index is 12.6. The second-order valence-electron chi connectivity index (χ2n) is 16.0. The highest BCUT2D eigenvalue weighted by molar-refractivity contribution is 7.47. The standard InChI is InChI=1S/C49H90NO8P/c1-3-5-7-9-11-13-15-17-19-21-23-25-27-29-31-33-35-37-39-41-48(51)55-45-47(46-57-59(53,54)56-44-43-50)58-49(52)42-40-38-36-34-32-30-28-26-24-22-20-18-16-14-12-10-8-6-4-2/h6,8,12,14,18,20,24,26,47H,3-5,7,9-11,13,15-17,19,21-23,25,27-46,50H2,1-2H3,(H,53,54)/b8-6-,14-12-,20-18-,26-24-. The fourth-order valence-corrected chi connectivity index (χ4v) is 7.45. The Labute approximate surface area is 362 Å². The Kier molecular flexibility index (Phi) is 43.9. The number of ether oxygens (including phenoxy) is 2. The molecule has 2 atom stereocenters. The summed E-state index contributed by atoms with van der Waals surface area (Å²) >= 11 is 0. The molecule has 0 spiro atoms. The van der Waals surface area contributed by atoms with E-state index in [1.807, 2.05) is 0 Å². The van der Waals surface area contributed by atoms with Gasteiger partial charge >= 0.3 is 19.8 Å². The van der Waals surface area contributed by atoms with Gasteiger partial charge in [0.2, 0.25) is 0 Å². The minimum atomic E-state index is -4.38. The number of esters is 2. The smallest absolute Gasteiger partial charge is 0.462 e. The van der Waals surface area contributed by atoms with Crippen molar-refractivity contribution in [3.63, 3.8) is 0 Å². The highest BCUT2D eigenvalue weighted by Gasteiger charge is 2.26. The van der Waals surface area contributed by atoms with Gasteiger partial charge in [-0.05, 0) is 51.4 Å². The maximum Gasteiger partial charge on any atom is 0.472 e. The number of unbranched alkanes of at least 4 members (excludes halogenated alkanes) is 24. The van der Waals surface area contributed by atoms with Gasteiger partial charge in [-0.25, -0.2) is 4.57 Å². The summed E-state index contributed by atoms with van der Waals surface area (Å²) in [5.74, 6) is -0.838. The molecule has 0 rings (SSSR count). The molecule has 0 aromatic rings. The van der Waals surface area contributed by atoms with Crippen molar-refractivity contribution in [3.05, 3.63) is 48.6 Å². The van der Waals surface area contributed by atoms with Crippen molar-refractivity contribution in [3.8, 4) is 0 Å². The van der Waals surface area contributed by atoms with Crippen LogP contribution in [0.1, 0.15) is 219 Å². The minimum absolute atomic E-state index is 0.0503. The number of hydrogen-bond acceptors (Lipinski definition) is 8. The van der Waals surface area contributed by atoms with Crippen LogP contribution in [0.2, 0.25) is 0 Å². The minimum Gasteiger partial charge on any atom is -0.462 e. The zero-order valence-corrected chi connectivity index (χ0v) is 38.9. The average Bonchev–Trinajstić information content (AvgIpc) is 3.22. The first-order chi connectivity index (χ1) is 28.8. The maximum atomic E-state index is 12.6. The zero-order valence-electron chi connectivity index (χ0n) is 38.0. The van der Waals surface area contributed by atoms with Gasteiger partial charge < -0.3 is 20.1 Å². The molecule has 0 bridgehead atoms. The van der Waals surface area contributed by atoms with Gasteiger partial charge in [-0.3, -0.25) is 18.6 Å². The molecule has 9 nitrogen and oxygen atoms in total. The molecular formula is C49H90NO8P. The average molecular weight is 852 g/mol. The lowest BCUT2D eigenvalue weighted by atomic mass is 10.0. The Balaban J connectivity index is 4.10. The largest absolute Gasteiger partial charge is 0.472 e. The highest BCUT2D eigenvalue weighted by atomic mass is 31.2. The van der Waals surface area contributed by atoms with Crippen LogP contribution in [0, 0.1) is 0 Å². The Morgan fingerprint density at radius 2 is 0.932 bits per heavy atom. The van der Waals surface area contributed by atoms with Gasteiger partial charge in [0, 0.05) is 19.4 Å². The molecule has 2 unspecified atom stereocenters. The number of phosphoric acid groups is 1. The third-order valence-electron chi connectivity index (χ3n) is 10.2. The van der Waals surface area contributed by atoms with E-state index in [2.05, 4.69) is 62.5 Å². The number of allylic oxidation sites excluding steroid dienone is 8. The van der Waals surface area contributed by atoms with Crippen LogP contribution < -0.4 is 5.73 Å². The lowest BCUT2D eigenvalue weighted by Crippen LogP contribution is -2.29. The Morgan fingerprint density at radius 3 is 1.39 bits per heavy atom. The molecule has 0 aromatic carbocycles. The van der Waals surface area contributed by atoms with Crippen molar-refractivity contribution in [2.45, 2.75) is 225 Å². The summed E-state index contributed by atoms with van der Waals surface area (Å²) in [4.78, 5) is 35.0. The van der Waals surface area contributed by atoms with E-state index in [-0.39, 0.29) is 38.6 Å². The van der Waals surface area contributed by atoms with Crippen LogP contribution in [-0.2, 0) is 32.7 Å². The molecule has 59 heavy (non-hydrogen) atoms. The fraction of sp³-hybridized carbons (Fsp3) is 0.796. The Hall–Kier alpha value is -2.03. The van der Waals surface area contributed by atoms with Crippen LogP contribution in [-0.4, -0.2) is 49.3 Å². The molecule has 0 radical (unpaired) electrons. The monoisotopic (exact) mass is 852 g/mol. The van der Waals surface area contributed by atoms with Crippen LogP contribution in [0.5, 0.6) is 0 Å². The van der Waals surface area contributed by atoms with Gasteiger partial charge in [0.05, 0.1) is 13.2 Å². The number of carbonyl (C=O) groups is 2. The molecule has 0 saturated heterocycles. The Bertz CT molecular complexity index is 1110. The molecule has 0 amide bonds. The number of nitrogens with two attached hydrogens (primary N) is 1. The predicted molar refractivity (Wildman–Crippen MR) is 247 cm³/mol. The van der Waals surface area contributed by atoms with Crippen LogP contribution >= 0.6 is 7.82 Å². The molecule has 10 heteroatoms. The highest BCUT2D eigenvalue weighted by Crippen LogP contribution is 2.43. The predicted octanol–water partition coefficient (Wildman–Crippen LogP) is 14.3. The van der Waals surface area contributed by atoms with E-state index < -0.39 is 26.5 Å². The molecule has 0 aliphatic rings. The molecule has 0 saturated carbocycles. The number of carbonyl (C=O) groups excluding carboxylic acids is 2. The van der Waals surface area contributed by atoms with Gasteiger partial charge in [-0.15, -0.1) is 0 Å². The summed E-state index contributed by atoms with van der Waals surface area (Å²) in [6.45, 7) is 3.63. The van der Waals surface area contributed by atoms with Crippen LogP contribution in [0.4, 0.5) is 0 Å². The van der Waals surface area contributed by atoms with Crippen LogP contribution in [0.15, 0.2) is 48.6 Å². The second kappa shape index (κ2) is 45.5. The van der Waals surface area contributed by atoms with E-state index >= 15 is 0 Å². The lowest BCUT2D eigenvalue weighted by Gasteiger charge is -2.19. The summed E-state index contributed by atoms with van der Waals surface area (Å²) in [5.41, 5.74) is 5.36. The molecule has 0 fully saturated rings. The van der Waals surface area contributed by atoms with E-state index in [1.54, 1.807) is 0 Å².